The molecule has 14 heavy (non-hydrogen) atoms. The molecule has 5 heteroatoms. The molecule has 0 atom stereocenters. The summed E-state index contributed by atoms with van der Waals surface area (Å²) < 4.78 is 5.28. The SMILES string of the molecule is O=CNB(Cl)c1coc2ccccc12. The van der Waals surface area contributed by atoms with Crippen molar-refractivity contribution in [1.29, 1.82) is 0 Å². The molecule has 0 aliphatic rings. The van der Waals surface area contributed by atoms with Gasteiger partial charge >= 0.3 is 6.26 Å². The summed E-state index contributed by atoms with van der Waals surface area (Å²) in [5.41, 5.74) is 1.54. The lowest BCUT2D eigenvalue weighted by atomic mass is 9.81. The fraction of sp³-hybridized carbons (Fsp3) is 0. The summed E-state index contributed by atoms with van der Waals surface area (Å²) in [6.07, 6.45) is 1.58. The second-order valence-electron chi connectivity index (χ2n) is 2.83. The van der Waals surface area contributed by atoms with Crippen LogP contribution in [0, 0.1) is 0 Å². The van der Waals surface area contributed by atoms with Gasteiger partial charge in [0.1, 0.15) is 5.58 Å². The van der Waals surface area contributed by atoms with Gasteiger partial charge in [-0.1, -0.05) is 18.2 Å². The molecule has 0 aliphatic heterocycles. The number of hydrogen-bond acceptors (Lipinski definition) is 2. The molecule has 3 nitrogen and oxygen atoms in total. The third-order valence-corrected chi connectivity index (χ3v) is 2.36. The quantitative estimate of drug-likeness (QED) is 0.605. The molecule has 0 saturated heterocycles. The maximum atomic E-state index is 10.2. The van der Waals surface area contributed by atoms with Crippen LogP contribution in [-0.2, 0) is 4.79 Å². The van der Waals surface area contributed by atoms with Crippen LogP contribution in [-0.4, -0.2) is 12.7 Å². The molecule has 0 radical (unpaired) electrons. The standard InChI is InChI=1S/C9H7BClNO2/c11-10(12-6-13)8-5-14-9-4-2-1-3-7(8)9/h1-6H,(H,12,13). The van der Waals surface area contributed by atoms with Crippen molar-refractivity contribution in [3.8, 4) is 0 Å². The Morgan fingerprint density at radius 2 is 2.21 bits per heavy atom. The van der Waals surface area contributed by atoms with Gasteiger partial charge in [-0.2, -0.15) is 11.5 Å². The Hall–Kier alpha value is -1.42. The van der Waals surface area contributed by atoms with E-state index in [0.717, 1.165) is 16.4 Å². The highest BCUT2D eigenvalue weighted by Gasteiger charge is 2.18. The largest absolute Gasteiger partial charge is 0.465 e. The predicted molar refractivity (Wildman–Crippen MR) is 56.7 cm³/mol. The molecule has 1 amide bonds. The Morgan fingerprint density at radius 1 is 1.43 bits per heavy atom. The fourth-order valence-electron chi connectivity index (χ4n) is 1.34. The number of amides is 1. The zero-order chi connectivity index (χ0) is 9.97. The number of rotatable bonds is 3. The molecule has 0 spiro atoms. The van der Waals surface area contributed by atoms with Crippen molar-refractivity contribution < 1.29 is 9.21 Å². The molecule has 0 aliphatic carbocycles. The minimum absolute atomic E-state index is 0.545. The van der Waals surface area contributed by atoms with Crippen LogP contribution in [0.3, 0.4) is 0 Å². The van der Waals surface area contributed by atoms with E-state index in [9.17, 15) is 4.79 Å². The van der Waals surface area contributed by atoms with Gasteiger partial charge in [0.25, 0.3) is 0 Å². The van der Waals surface area contributed by atoms with E-state index in [1.165, 1.54) is 0 Å². The highest BCUT2D eigenvalue weighted by Crippen LogP contribution is 2.13. The van der Waals surface area contributed by atoms with E-state index in [1.54, 1.807) is 6.26 Å². The van der Waals surface area contributed by atoms with Gasteiger partial charge in [0.15, 0.2) is 6.41 Å². The molecule has 0 saturated carbocycles. The van der Waals surface area contributed by atoms with Crippen molar-refractivity contribution in [2.75, 3.05) is 0 Å². The second-order valence-corrected chi connectivity index (χ2v) is 3.27. The monoisotopic (exact) mass is 207 g/mol. The maximum Gasteiger partial charge on any atom is 0.398 e. The summed E-state index contributed by atoms with van der Waals surface area (Å²) in [5, 5.41) is 3.38. The topological polar surface area (TPSA) is 42.2 Å². The number of nitrogens with one attached hydrogen (secondary N) is 1. The molecule has 0 fully saturated rings. The van der Waals surface area contributed by atoms with Gasteiger partial charge in [0.05, 0.1) is 6.26 Å². The molecular formula is C9H7BClNO2. The Balaban J connectivity index is 2.47. The average Bonchev–Trinajstić information content (AvgIpc) is 2.61. The normalized spacial score (nSPS) is 10.1. The van der Waals surface area contributed by atoms with Crippen molar-refractivity contribution in [1.82, 2.24) is 5.23 Å². The number of benzene rings is 1. The van der Waals surface area contributed by atoms with E-state index in [2.05, 4.69) is 5.23 Å². The van der Waals surface area contributed by atoms with Crippen LogP contribution in [0.2, 0.25) is 0 Å². The first kappa shape index (κ1) is 9.15. The highest BCUT2D eigenvalue weighted by atomic mass is 35.5. The van der Waals surface area contributed by atoms with E-state index in [4.69, 9.17) is 15.9 Å². The molecule has 0 bridgehead atoms. The van der Waals surface area contributed by atoms with Crippen LogP contribution in [0.15, 0.2) is 34.9 Å². The van der Waals surface area contributed by atoms with Gasteiger partial charge in [-0.3, -0.25) is 4.79 Å². The summed E-state index contributed by atoms with van der Waals surface area (Å²) in [5.74, 6) is 0. The van der Waals surface area contributed by atoms with Crippen molar-refractivity contribution in [2.45, 2.75) is 0 Å². The zero-order valence-corrected chi connectivity index (χ0v) is 7.99. The van der Waals surface area contributed by atoms with E-state index in [0.29, 0.717) is 6.41 Å². The van der Waals surface area contributed by atoms with Crippen LogP contribution in [0.25, 0.3) is 11.0 Å². The first-order chi connectivity index (χ1) is 6.83. The van der Waals surface area contributed by atoms with Crippen LogP contribution < -0.4 is 10.7 Å². The molecule has 1 aromatic carbocycles. The van der Waals surface area contributed by atoms with E-state index >= 15 is 0 Å². The number of furan rings is 1. The molecule has 2 rings (SSSR count). The minimum Gasteiger partial charge on any atom is -0.465 e. The van der Waals surface area contributed by atoms with Gasteiger partial charge in [-0.15, -0.1) is 0 Å². The number of carbonyl (C=O) groups excluding carboxylic acids is 1. The maximum absolute atomic E-state index is 10.2. The average molecular weight is 207 g/mol. The summed E-state index contributed by atoms with van der Waals surface area (Å²) >= 11 is 5.92. The third kappa shape index (κ3) is 1.49. The van der Waals surface area contributed by atoms with Gasteiger partial charge in [-0.25, -0.2) is 0 Å². The second kappa shape index (κ2) is 3.76. The van der Waals surface area contributed by atoms with Crippen molar-refractivity contribution in [3.05, 3.63) is 30.5 Å². The smallest absolute Gasteiger partial charge is 0.398 e. The van der Waals surface area contributed by atoms with Gasteiger partial charge in [0.2, 0.25) is 0 Å². The van der Waals surface area contributed by atoms with Crippen LogP contribution in [0.5, 0.6) is 0 Å². The number of para-hydroxylation sites is 1. The van der Waals surface area contributed by atoms with E-state index < -0.39 is 6.26 Å². The van der Waals surface area contributed by atoms with E-state index in [-0.39, 0.29) is 0 Å². The summed E-state index contributed by atoms with van der Waals surface area (Å²) in [6, 6.07) is 7.53. The Bertz CT molecular complexity index is 457. The van der Waals surface area contributed by atoms with Crippen LogP contribution in [0.4, 0.5) is 0 Å². The first-order valence-corrected chi connectivity index (χ1v) is 4.56. The Morgan fingerprint density at radius 3 is 3.00 bits per heavy atom. The number of fused-ring (bicyclic) bond motifs is 1. The summed E-state index contributed by atoms with van der Waals surface area (Å²) in [6.45, 7) is 0. The number of hydrogen-bond donors (Lipinski definition) is 1. The zero-order valence-electron chi connectivity index (χ0n) is 7.24. The highest BCUT2D eigenvalue weighted by molar-refractivity contribution is 7.14. The van der Waals surface area contributed by atoms with Crippen molar-refractivity contribution in [3.63, 3.8) is 0 Å². The van der Waals surface area contributed by atoms with Gasteiger partial charge < -0.3 is 9.64 Å². The number of carbonyl (C=O) groups is 1. The minimum atomic E-state index is -0.545. The summed E-state index contributed by atoms with van der Waals surface area (Å²) in [4.78, 5) is 10.2. The molecular weight excluding hydrogens is 200 g/mol. The molecule has 1 N–H and O–H groups in total. The lowest BCUT2D eigenvalue weighted by Crippen LogP contribution is -2.38. The molecule has 1 aromatic heterocycles. The lowest BCUT2D eigenvalue weighted by Gasteiger charge is -1.99. The Labute approximate surface area is 86.0 Å². The fourth-order valence-corrected chi connectivity index (χ4v) is 1.56. The van der Waals surface area contributed by atoms with Crippen LogP contribution in [0.1, 0.15) is 0 Å². The Kier molecular flexibility index (Phi) is 2.46. The van der Waals surface area contributed by atoms with Gasteiger partial charge in [0, 0.05) is 10.8 Å². The van der Waals surface area contributed by atoms with Crippen molar-refractivity contribution >= 4 is 40.6 Å². The van der Waals surface area contributed by atoms with Crippen molar-refractivity contribution in [2.24, 2.45) is 0 Å². The van der Waals surface area contributed by atoms with Crippen LogP contribution >= 0.6 is 11.5 Å². The lowest BCUT2D eigenvalue weighted by molar-refractivity contribution is -0.108. The summed E-state index contributed by atoms with van der Waals surface area (Å²) in [7, 11) is 0. The first-order valence-electron chi connectivity index (χ1n) is 4.13. The van der Waals surface area contributed by atoms with Gasteiger partial charge in [-0.05, 0) is 6.07 Å². The molecule has 70 valence electrons. The van der Waals surface area contributed by atoms with E-state index in [1.807, 2.05) is 24.3 Å². The molecule has 2 aromatic rings. The molecule has 1 heterocycles. The predicted octanol–water partition coefficient (Wildman–Crippen LogP) is 1.11. The molecule has 0 unspecified atom stereocenters. The third-order valence-electron chi connectivity index (χ3n) is 2.00. The number of halogens is 1.